The summed E-state index contributed by atoms with van der Waals surface area (Å²) >= 11 is 3.67. The Morgan fingerprint density at radius 3 is 1.80 bits per heavy atom. The molecule has 1 nitrogen and oxygen atoms in total. The second-order valence-corrected chi connectivity index (χ2v) is 0.894. The SMILES string of the molecule is OCCS.[Se]. The van der Waals surface area contributed by atoms with Gasteiger partial charge in [-0.3, -0.25) is 0 Å². The van der Waals surface area contributed by atoms with Crippen molar-refractivity contribution in [3.63, 3.8) is 0 Å². The summed E-state index contributed by atoms with van der Waals surface area (Å²) in [5.41, 5.74) is 0. The average molecular weight is 157 g/mol. The topological polar surface area (TPSA) is 20.2 Å². The molecule has 0 atom stereocenters. The zero-order valence-electron chi connectivity index (χ0n) is 2.72. The van der Waals surface area contributed by atoms with Crippen LogP contribution in [0.2, 0.25) is 0 Å². The van der Waals surface area contributed by atoms with Crippen LogP contribution in [-0.4, -0.2) is 34.5 Å². The van der Waals surface area contributed by atoms with Gasteiger partial charge in [-0.2, -0.15) is 12.6 Å². The van der Waals surface area contributed by atoms with Crippen LogP contribution >= 0.6 is 12.6 Å². The van der Waals surface area contributed by atoms with E-state index in [9.17, 15) is 0 Å². The van der Waals surface area contributed by atoms with Gasteiger partial charge in [-0.1, -0.05) is 0 Å². The van der Waals surface area contributed by atoms with Crippen LogP contribution in [-0.2, 0) is 0 Å². The third-order valence-corrected chi connectivity index (χ3v) is 0.300. The second kappa shape index (κ2) is 8.85. The van der Waals surface area contributed by atoms with E-state index >= 15 is 0 Å². The molecule has 5 heavy (non-hydrogen) atoms. The van der Waals surface area contributed by atoms with Crippen molar-refractivity contribution >= 4 is 29.7 Å². The molecule has 0 amide bonds. The van der Waals surface area contributed by atoms with Crippen LogP contribution in [0.1, 0.15) is 0 Å². The van der Waals surface area contributed by atoms with Crippen LogP contribution in [0.3, 0.4) is 0 Å². The fourth-order valence-corrected chi connectivity index (χ4v) is 0. The monoisotopic (exact) mass is 158 g/mol. The molecular weight excluding hydrogens is 151 g/mol. The minimum Gasteiger partial charge on any atom is -0.396 e. The van der Waals surface area contributed by atoms with Gasteiger partial charge in [-0.25, -0.2) is 0 Å². The first-order valence-corrected chi connectivity index (χ1v) is 1.76. The van der Waals surface area contributed by atoms with Gasteiger partial charge in [0, 0.05) is 22.8 Å². The molecule has 0 aliphatic carbocycles. The van der Waals surface area contributed by atoms with Crippen molar-refractivity contribution in [1.29, 1.82) is 0 Å². The number of thiol groups is 1. The zero-order chi connectivity index (χ0) is 3.41. The molecule has 0 aromatic carbocycles. The Bertz CT molecular complexity index is 11.6. The van der Waals surface area contributed by atoms with Gasteiger partial charge in [-0.05, 0) is 0 Å². The third-order valence-electron chi connectivity index (χ3n) is 0.1000. The molecule has 32 valence electrons. The normalized spacial score (nSPS) is 6.00. The number of aliphatic hydroxyl groups is 1. The number of rotatable bonds is 1. The summed E-state index contributed by atoms with van der Waals surface area (Å²) in [5, 5.41) is 7.80. The molecule has 0 aliphatic rings. The first-order chi connectivity index (χ1) is 1.91. The summed E-state index contributed by atoms with van der Waals surface area (Å²) in [6, 6.07) is 0. The molecule has 0 saturated carbocycles. The van der Waals surface area contributed by atoms with Gasteiger partial charge in [0.2, 0.25) is 0 Å². The maximum Gasteiger partial charge on any atom is 0.0519 e. The second-order valence-electron chi connectivity index (χ2n) is 0.447. The third kappa shape index (κ3) is 11.6. The van der Waals surface area contributed by atoms with Crippen LogP contribution in [0.5, 0.6) is 0 Å². The van der Waals surface area contributed by atoms with Gasteiger partial charge in [0.05, 0.1) is 6.61 Å². The van der Waals surface area contributed by atoms with Crippen molar-refractivity contribution < 1.29 is 5.11 Å². The van der Waals surface area contributed by atoms with Crippen molar-refractivity contribution in [2.24, 2.45) is 0 Å². The molecule has 0 rings (SSSR count). The van der Waals surface area contributed by atoms with Gasteiger partial charge in [0.15, 0.2) is 0 Å². The summed E-state index contributed by atoms with van der Waals surface area (Å²) in [4.78, 5) is 0. The van der Waals surface area contributed by atoms with Crippen LogP contribution in [0.15, 0.2) is 0 Å². The van der Waals surface area contributed by atoms with Gasteiger partial charge in [-0.15, -0.1) is 0 Å². The van der Waals surface area contributed by atoms with E-state index in [1.165, 1.54) is 0 Å². The van der Waals surface area contributed by atoms with Crippen LogP contribution < -0.4 is 0 Å². The Labute approximate surface area is 47.6 Å². The van der Waals surface area contributed by atoms with Crippen molar-refractivity contribution in [2.75, 3.05) is 12.4 Å². The summed E-state index contributed by atoms with van der Waals surface area (Å²) in [7, 11) is 0. The molecule has 0 heterocycles. The van der Waals surface area contributed by atoms with Crippen molar-refractivity contribution in [1.82, 2.24) is 0 Å². The van der Waals surface area contributed by atoms with Crippen LogP contribution in [0, 0.1) is 0 Å². The number of hydrogen-bond acceptors (Lipinski definition) is 2. The summed E-state index contributed by atoms with van der Waals surface area (Å²) in [6.07, 6.45) is 0. The molecule has 0 fully saturated rings. The fourth-order valence-electron chi connectivity index (χ4n) is 0. The molecule has 0 spiro atoms. The summed E-state index contributed by atoms with van der Waals surface area (Å²) < 4.78 is 0. The molecule has 2 radical (unpaired) electrons. The molecule has 0 saturated heterocycles. The van der Waals surface area contributed by atoms with Crippen LogP contribution in [0.25, 0.3) is 0 Å². The quantitative estimate of drug-likeness (QED) is 0.389. The van der Waals surface area contributed by atoms with E-state index in [-0.39, 0.29) is 23.7 Å². The standard InChI is InChI=1S/C2H6OS.Se/c3-1-2-4;/h3-4H,1-2H2;. The van der Waals surface area contributed by atoms with Gasteiger partial charge in [0.25, 0.3) is 0 Å². The average Bonchev–Trinajstić information content (AvgIpc) is 1.37. The van der Waals surface area contributed by atoms with E-state index in [1.807, 2.05) is 0 Å². The van der Waals surface area contributed by atoms with Crippen LogP contribution in [0.4, 0.5) is 0 Å². The van der Waals surface area contributed by atoms with Gasteiger partial charge < -0.3 is 5.11 Å². The van der Waals surface area contributed by atoms with Crippen molar-refractivity contribution in [3.05, 3.63) is 0 Å². The minimum absolute atomic E-state index is 0. The van der Waals surface area contributed by atoms with E-state index in [4.69, 9.17) is 5.11 Å². The molecular formula is C2H6OSSe. The van der Waals surface area contributed by atoms with E-state index in [0.29, 0.717) is 5.75 Å². The molecule has 1 N–H and O–H groups in total. The van der Waals surface area contributed by atoms with E-state index in [2.05, 4.69) is 12.6 Å². The maximum absolute atomic E-state index is 7.80. The Balaban J connectivity index is 0. The number of hydrogen-bond donors (Lipinski definition) is 2. The fraction of sp³-hybridized carbons (Fsp3) is 1.00. The molecule has 0 unspecified atom stereocenters. The first kappa shape index (κ1) is 9.27. The van der Waals surface area contributed by atoms with Crippen molar-refractivity contribution in [3.8, 4) is 0 Å². The molecule has 0 aromatic heterocycles. The van der Waals surface area contributed by atoms with E-state index in [0.717, 1.165) is 0 Å². The summed E-state index contributed by atoms with van der Waals surface area (Å²) in [5.74, 6) is 0.569. The molecule has 0 bridgehead atoms. The largest absolute Gasteiger partial charge is 0.396 e. The minimum atomic E-state index is 0. The van der Waals surface area contributed by atoms with Gasteiger partial charge >= 0.3 is 0 Å². The van der Waals surface area contributed by atoms with E-state index in [1.54, 1.807) is 0 Å². The molecule has 0 aliphatic heterocycles. The smallest absolute Gasteiger partial charge is 0.0519 e. The van der Waals surface area contributed by atoms with E-state index < -0.39 is 0 Å². The Morgan fingerprint density at radius 2 is 1.80 bits per heavy atom. The first-order valence-electron chi connectivity index (χ1n) is 1.13. The predicted octanol–water partition coefficient (Wildman–Crippen LogP) is -0.472. The van der Waals surface area contributed by atoms with Gasteiger partial charge in [0.1, 0.15) is 0 Å². The number of aliphatic hydroxyl groups excluding tert-OH is 1. The predicted molar refractivity (Wildman–Crippen MR) is 26.7 cm³/mol. The Kier molecular flexibility index (Phi) is 16.4. The summed E-state index contributed by atoms with van der Waals surface area (Å²) in [6.45, 7) is 0.184. The molecule has 0 aromatic rings. The van der Waals surface area contributed by atoms with Crippen molar-refractivity contribution in [2.45, 2.75) is 0 Å². The Morgan fingerprint density at radius 1 is 1.60 bits per heavy atom. The maximum atomic E-state index is 7.80. The Hall–Kier alpha value is 0.829. The molecule has 3 heteroatoms. The zero-order valence-corrected chi connectivity index (χ0v) is 5.32.